The van der Waals surface area contributed by atoms with Crippen molar-refractivity contribution in [3.63, 3.8) is 0 Å². The van der Waals surface area contributed by atoms with E-state index in [-0.39, 0.29) is 5.04 Å². The fourth-order valence-electron chi connectivity index (χ4n) is 3.27. The van der Waals surface area contributed by atoms with Crippen molar-refractivity contribution in [2.24, 2.45) is 0 Å². The number of aliphatic hydroxyl groups is 1. The Bertz CT molecular complexity index is 924. The summed E-state index contributed by atoms with van der Waals surface area (Å²) in [5.74, 6) is 2.13. The molecule has 1 N–H and O–H groups in total. The highest BCUT2D eigenvalue weighted by molar-refractivity contribution is 6.74. The summed E-state index contributed by atoms with van der Waals surface area (Å²) in [7, 11) is -2.01. The first-order chi connectivity index (χ1) is 12.7. The van der Waals surface area contributed by atoms with Crippen LogP contribution in [0, 0.1) is 0 Å². The normalized spacial score (nSPS) is 18.7. The number of para-hydroxylation sites is 2. The highest BCUT2D eigenvalue weighted by Gasteiger charge is 2.41. The molecule has 0 amide bonds. The molecule has 0 bridgehead atoms. The molecule has 0 saturated heterocycles. The van der Waals surface area contributed by atoms with Gasteiger partial charge in [0.25, 0.3) is 8.32 Å². The topological polar surface area (TPSA) is 47.9 Å². The van der Waals surface area contributed by atoms with Crippen molar-refractivity contribution in [3.05, 3.63) is 53.6 Å². The van der Waals surface area contributed by atoms with Crippen LogP contribution in [0.1, 0.15) is 31.9 Å². The molecule has 2 heterocycles. The van der Waals surface area contributed by atoms with Gasteiger partial charge in [0.15, 0.2) is 5.75 Å². The van der Waals surface area contributed by atoms with E-state index in [0.29, 0.717) is 18.1 Å². The Kier molecular flexibility index (Phi) is 4.13. The lowest BCUT2D eigenvalue weighted by Crippen LogP contribution is -2.44. The van der Waals surface area contributed by atoms with Crippen LogP contribution in [0.25, 0.3) is 11.1 Å². The van der Waals surface area contributed by atoms with E-state index in [1.165, 1.54) is 0 Å². The van der Waals surface area contributed by atoms with E-state index in [0.717, 1.165) is 28.0 Å². The van der Waals surface area contributed by atoms with Gasteiger partial charge in [0.05, 0.1) is 0 Å². The van der Waals surface area contributed by atoms with E-state index in [2.05, 4.69) is 33.9 Å². The van der Waals surface area contributed by atoms with Gasteiger partial charge in [-0.2, -0.15) is 0 Å². The maximum atomic E-state index is 10.7. The minimum atomic E-state index is -2.01. The van der Waals surface area contributed by atoms with E-state index in [9.17, 15) is 5.11 Å². The first-order valence-electron chi connectivity index (χ1n) is 9.31. The Morgan fingerprint density at radius 1 is 1.04 bits per heavy atom. The van der Waals surface area contributed by atoms with Crippen LogP contribution in [-0.4, -0.2) is 26.3 Å². The number of ether oxygens (including phenoxy) is 2. The third-order valence-corrected chi connectivity index (χ3v) is 10.2. The van der Waals surface area contributed by atoms with Crippen molar-refractivity contribution in [1.29, 1.82) is 0 Å². The first kappa shape index (κ1) is 18.1. The monoisotopic (exact) mass is 382 g/mol. The van der Waals surface area contributed by atoms with Gasteiger partial charge in [0.2, 0.25) is 6.29 Å². The highest BCUT2D eigenvalue weighted by Crippen LogP contribution is 2.49. The third kappa shape index (κ3) is 2.95. The molecule has 1 atom stereocenters. The lowest BCUT2D eigenvalue weighted by atomic mass is 9.89. The van der Waals surface area contributed by atoms with Crippen molar-refractivity contribution in [2.75, 3.05) is 6.61 Å². The van der Waals surface area contributed by atoms with Crippen molar-refractivity contribution in [2.45, 2.75) is 45.2 Å². The van der Waals surface area contributed by atoms with Crippen LogP contribution in [-0.2, 0) is 0 Å². The Hall–Kier alpha value is -2.24. The van der Waals surface area contributed by atoms with Crippen molar-refractivity contribution >= 4 is 19.5 Å². The van der Waals surface area contributed by atoms with Crippen LogP contribution in [0.5, 0.6) is 17.2 Å². The zero-order valence-corrected chi connectivity index (χ0v) is 17.5. The number of fused-ring (bicyclic) bond motifs is 4. The predicted molar refractivity (Wildman–Crippen MR) is 110 cm³/mol. The van der Waals surface area contributed by atoms with Crippen molar-refractivity contribution in [3.8, 4) is 17.2 Å². The molecule has 0 saturated carbocycles. The van der Waals surface area contributed by atoms with Gasteiger partial charge in [0.1, 0.15) is 18.1 Å². The maximum Gasteiger partial charge on any atom is 0.250 e. The van der Waals surface area contributed by atoms with Gasteiger partial charge in [-0.15, -0.1) is 0 Å². The summed E-state index contributed by atoms with van der Waals surface area (Å²) in [6.07, 6.45) is -1.01. The Labute approximate surface area is 161 Å². The second kappa shape index (κ2) is 6.14. The standard InChI is InChI=1S/C22H26O4Si/c1-22(2,3)27(4,5)26-18-12-8-10-15-19-16(13-24-20(15)18)14-9-6-7-11-17(14)25-21(19)23/h6-12,21,23H,13H2,1-5H3. The molecule has 1 unspecified atom stereocenters. The van der Waals surface area contributed by atoms with E-state index in [4.69, 9.17) is 13.9 Å². The van der Waals surface area contributed by atoms with E-state index >= 15 is 0 Å². The van der Waals surface area contributed by atoms with Gasteiger partial charge >= 0.3 is 0 Å². The first-order valence-corrected chi connectivity index (χ1v) is 12.2. The fourth-order valence-corrected chi connectivity index (χ4v) is 4.29. The molecule has 142 valence electrons. The zero-order chi connectivity index (χ0) is 19.4. The minimum Gasteiger partial charge on any atom is -0.541 e. The average Bonchev–Trinajstić information content (AvgIpc) is 2.60. The molecule has 2 aliphatic heterocycles. The lowest BCUT2D eigenvalue weighted by Gasteiger charge is -2.38. The summed E-state index contributed by atoms with van der Waals surface area (Å²) in [6, 6.07) is 13.6. The van der Waals surface area contributed by atoms with Crippen LogP contribution >= 0.6 is 0 Å². The molecule has 0 fully saturated rings. The number of aliphatic hydroxyl groups excluding tert-OH is 1. The SMILES string of the molecule is CC(C)(C)[Si](C)(C)Oc1cccc2c1OCC1=C2C(O)Oc2ccccc21. The predicted octanol–water partition coefficient (Wildman–Crippen LogP) is 5.08. The van der Waals surface area contributed by atoms with E-state index in [1.54, 1.807) is 0 Å². The zero-order valence-electron chi connectivity index (χ0n) is 16.5. The average molecular weight is 383 g/mol. The van der Waals surface area contributed by atoms with E-state index < -0.39 is 14.6 Å². The number of rotatable bonds is 2. The molecule has 0 aromatic heterocycles. The molecule has 4 rings (SSSR count). The summed E-state index contributed by atoms with van der Waals surface area (Å²) >= 11 is 0. The van der Waals surface area contributed by atoms with Crippen LogP contribution < -0.4 is 13.9 Å². The van der Waals surface area contributed by atoms with Gasteiger partial charge in [0, 0.05) is 22.3 Å². The summed E-state index contributed by atoms with van der Waals surface area (Å²) in [6.45, 7) is 11.5. The van der Waals surface area contributed by atoms with Crippen LogP contribution in [0.3, 0.4) is 0 Å². The molecular formula is C22H26O4Si. The van der Waals surface area contributed by atoms with Gasteiger partial charge in [-0.25, -0.2) is 0 Å². The molecule has 4 nitrogen and oxygen atoms in total. The van der Waals surface area contributed by atoms with Gasteiger partial charge in [-0.05, 0) is 30.3 Å². The summed E-state index contributed by atoms with van der Waals surface area (Å²) in [5.41, 5.74) is 3.56. The molecule has 0 aliphatic carbocycles. The second-order valence-electron chi connectivity index (χ2n) is 8.64. The summed E-state index contributed by atoms with van der Waals surface area (Å²) in [5, 5.41) is 10.8. The molecule has 5 heteroatoms. The number of hydrogen-bond donors (Lipinski definition) is 1. The van der Waals surface area contributed by atoms with Gasteiger partial charge < -0.3 is 19.0 Å². The summed E-state index contributed by atoms with van der Waals surface area (Å²) < 4.78 is 18.4. The Morgan fingerprint density at radius 3 is 2.48 bits per heavy atom. The Morgan fingerprint density at radius 2 is 1.74 bits per heavy atom. The number of hydrogen-bond acceptors (Lipinski definition) is 4. The van der Waals surface area contributed by atoms with Gasteiger partial charge in [-0.1, -0.05) is 51.1 Å². The van der Waals surface area contributed by atoms with Crippen molar-refractivity contribution in [1.82, 2.24) is 0 Å². The quantitative estimate of drug-likeness (QED) is 0.736. The third-order valence-electron chi connectivity index (χ3n) is 5.82. The fraction of sp³-hybridized carbons (Fsp3) is 0.364. The largest absolute Gasteiger partial charge is 0.541 e. The lowest BCUT2D eigenvalue weighted by molar-refractivity contribution is 0.0303. The van der Waals surface area contributed by atoms with Crippen LogP contribution in [0.2, 0.25) is 18.1 Å². The maximum absolute atomic E-state index is 10.7. The second-order valence-corrected chi connectivity index (χ2v) is 13.4. The van der Waals surface area contributed by atoms with Crippen molar-refractivity contribution < 1.29 is 19.0 Å². The number of benzene rings is 2. The molecule has 27 heavy (non-hydrogen) atoms. The molecule has 2 aliphatic rings. The van der Waals surface area contributed by atoms with Crippen LogP contribution in [0.4, 0.5) is 0 Å². The molecule has 2 aromatic rings. The summed E-state index contributed by atoms with van der Waals surface area (Å²) in [4.78, 5) is 0. The highest BCUT2D eigenvalue weighted by atomic mass is 28.4. The molecule has 0 spiro atoms. The Balaban J connectivity index is 1.82. The minimum absolute atomic E-state index is 0.0845. The molecular weight excluding hydrogens is 356 g/mol. The molecule has 0 radical (unpaired) electrons. The smallest absolute Gasteiger partial charge is 0.250 e. The molecule has 2 aromatic carbocycles. The van der Waals surface area contributed by atoms with E-state index in [1.807, 2.05) is 42.5 Å². The van der Waals surface area contributed by atoms with Gasteiger partial charge in [-0.3, -0.25) is 0 Å². The van der Waals surface area contributed by atoms with Crippen LogP contribution in [0.15, 0.2) is 42.5 Å².